The highest BCUT2D eigenvalue weighted by Gasteiger charge is 2.17. The topological polar surface area (TPSA) is 90.7 Å². The van der Waals surface area contributed by atoms with Crippen LogP contribution in [0.2, 0.25) is 0 Å². The van der Waals surface area contributed by atoms with Crippen molar-refractivity contribution in [2.24, 2.45) is 0 Å². The lowest BCUT2D eigenvalue weighted by Gasteiger charge is -2.17. The molecule has 0 aliphatic carbocycles. The number of hydrogen-bond acceptors (Lipinski definition) is 6. The third-order valence-corrected chi connectivity index (χ3v) is 3.81. The molecule has 7 heteroatoms. The van der Waals surface area contributed by atoms with Crippen LogP contribution in [0.25, 0.3) is 11.5 Å². The first-order valence-corrected chi connectivity index (χ1v) is 9.06. The minimum absolute atomic E-state index is 0.0515. The summed E-state index contributed by atoms with van der Waals surface area (Å²) in [7, 11) is 0. The van der Waals surface area contributed by atoms with Crippen LogP contribution in [0.3, 0.4) is 0 Å². The van der Waals surface area contributed by atoms with Gasteiger partial charge in [0.25, 0.3) is 0 Å². The molecule has 0 spiro atoms. The number of carbonyl (C=O) groups excluding carboxylic acids is 2. The van der Waals surface area contributed by atoms with E-state index in [2.05, 4.69) is 10.3 Å². The number of aromatic nitrogens is 1. The van der Waals surface area contributed by atoms with Crippen molar-refractivity contribution in [3.8, 4) is 11.5 Å². The first kappa shape index (κ1) is 20.8. The average molecular weight is 374 g/mol. The van der Waals surface area contributed by atoms with Crippen molar-refractivity contribution in [1.29, 1.82) is 0 Å². The third-order valence-electron chi connectivity index (χ3n) is 3.81. The Morgan fingerprint density at radius 2 is 1.81 bits per heavy atom. The molecule has 0 radical (unpaired) electrons. The van der Waals surface area contributed by atoms with Crippen LogP contribution in [-0.4, -0.2) is 42.7 Å². The molecule has 0 saturated carbocycles. The van der Waals surface area contributed by atoms with Gasteiger partial charge in [0.15, 0.2) is 6.29 Å². The number of rotatable bonds is 11. The predicted molar refractivity (Wildman–Crippen MR) is 100 cm³/mol. The van der Waals surface area contributed by atoms with Crippen LogP contribution < -0.4 is 5.32 Å². The zero-order valence-corrected chi connectivity index (χ0v) is 16.0. The maximum Gasteiger partial charge on any atom is 0.227 e. The first-order chi connectivity index (χ1) is 13.0. The summed E-state index contributed by atoms with van der Waals surface area (Å²) >= 11 is 0. The number of ketones is 1. The minimum Gasteiger partial charge on any atom is -0.441 e. The number of ether oxygens (including phenoxy) is 2. The number of hydrogen-bond donors (Lipinski definition) is 1. The quantitative estimate of drug-likeness (QED) is 0.480. The molecule has 1 aromatic heterocycles. The van der Waals surface area contributed by atoms with E-state index in [9.17, 15) is 9.59 Å². The zero-order valence-electron chi connectivity index (χ0n) is 16.0. The molecule has 0 atom stereocenters. The second-order valence-corrected chi connectivity index (χ2v) is 5.92. The van der Waals surface area contributed by atoms with E-state index in [-0.39, 0.29) is 31.1 Å². The number of carbonyl (C=O) groups is 2. The SMILES string of the molecule is CCOC(CNC(=O)CC(=O)Cc1nc(-c2ccccc2)oc1C)OCC. The van der Waals surface area contributed by atoms with Crippen molar-refractivity contribution in [2.45, 2.75) is 39.9 Å². The Bertz CT molecular complexity index is 736. The Labute approximate surface area is 159 Å². The van der Waals surface area contributed by atoms with Gasteiger partial charge in [0.1, 0.15) is 11.5 Å². The fraction of sp³-hybridized carbons (Fsp3) is 0.450. The molecular formula is C20H26N2O5. The van der Waals surface area contributed by atoms with Crippen LogP contribution in [0.5, 0.6) is 0 Å². The number of nitrogens with zero attached hydrogens (tertiary/aromatic N) is 1. The van der Waals surface area contributed by atoms with E-state index < -0.39 is 6.29 Å². The summed E-state index contributed by atoms with van der Waals surface area (Å²) in [6.45, 7) is 6.62. The summed E-state index contributed by atoms with van der Waals surface area (Å²) in [6.07, 6.45) is -0.682. The molecule has 0 saturated heterocycles. The van der Waals surface area contributed by atoms with Gasteiger partial charge >= 0.3 is 0 Å². The molecule has 0 unspecified atom stereocenters. The summed E-state index contributed by atoms with van der Waals surface area (Å²) in [5.41, 5.74) is 1.39. The Balaban J connectivity index is 1.86. The molecule has 27 heavy (non-hydrogen) atoms. The molecule has 1 amide bonds. The number of amides is 1. The van der Waals surface area contributed by atoms with Crippen LogP contribution in [0.15, 0.2) is 34.7 Å². The van der Waals surface area contributed by atoms with E-state index in [1.807, 2.05) is 44.2 Å². The lowest BCUT2D eigenvalue weighted by molar-refractivity contribution is -0.141. The second kappa shape index (κ2) is 10.6. The summed E-state index contributed by atoms with van der Waals surface area (Å²) in [5, 5.41) is 2.66. The van der Waals surface area contributed by atoms with E-state index in [0.29, 0.717) is 30.6 Å². The Morgan fingerprint density at radius 3 is 2.44 bits per heavy atom. The summed E-state index contributed by atoms with van der Waals surface area (Å²) < 4.78 is 16.3. The Hall–Kier alpha value is -2.51. The van der Waals surface area contributed by atoms with Gasteiger partial charge in [0.05, 0.1) is 25.1 Å². The van der Waals surface area contributed by atoms with Gasteiger partial charge in [-0.1, -0.05) is 18.2 Å². The zero-order chi connectivity index (χ0) is 19.6. The van der Waals surface area contributed by atoms with Crippen molar-refractivity contribution in [1.82, 2.24) is 10.3 Å². The van der Waals surface area contributed by atoms with Crippen LogP contribution in [0, 0.1) is 6.92 Å². The van der Waals surface area contributed by atoms with Crippen molar-refractivity contribution >= 4 is 11.7 Å². The van der Waals surface area contributed by atoms with Crippen molar-refractivity contribution in [2.75, 3.05) is 19.8 Å². The van der Waals surface area contributed by atoms with E-state index in [1.54, 1.807) is 6.92 Å². The van der Waals surface area contributed by atoms with Gasteiger partial charge in [-0.2, -0.15) is 0 Å². The lowest BCUT2D eigenvalue weighted by atomic mass is 10.1. The average Bonchev–Trinajstić information content (AvgIpc) is 3.01. The highest BCUT2D eigenvalue weighted by atomic mass is 16.7. The Kier molecular flexibility index (Phi) is 8.16. The van der Waals surface area contributed by atoms with Crippen LogP contribution in [-0.2, 0) is 25.5 Å². The molecule has 1 aromatic carbocycles. The normalized spacial score (nSPS) is 11.0. The molecular weight excluding hydrogens is 348 g/mol. The molecule has 2 rings (SSSR count). The van der Waals surface area contributed by atoms with Gasteiger partial charge in [-0.25, -0.2) is 4.98 Å². The second-order valence-electron chi connectivity index (χ2n) is 5.92. The number of nitrogens with one attached hydrogen (secondary N) is 1. The van der Waals surface area contributed by atoms with Gasteiger partial charge in [0, 0.05) is 18.8 Å². The fourth-order valence-corrected chi connectivity index (χ4v) is 2.52. The van der Waals surface area contributed by atoms with E-state index >= 15 is 0 Å². The van der Waals surface area contributed by atoms with Crippen molar-refractivity contribution in [3.05, 3.63) is 41.8 Å². The molecule has 0 bridgehead atoms. The molecule has 146 valence electrons. The first-order valence-electron chi connectivity index (χ1n) is 9.06. The monoisotopic (exact) mass is 374 g/mol. The maximum absolute atomic E-state index is 12.2. The molecule has 1 N–H and O–H groups in total. The van der Waals surface area contributed by atoms with Crippen LogP contribution >= 0.6 is 0 Å². The smallest absolute Gasteiger partial charge is 0.227 e. The van der Waals surface area contributed by atoms with E-state index in [4.69, 9.17) is 13.9 Å². The maximum atomic E-state index is 12.2. The number of Topliss-reactive ketones (excluding diaryl/α,β-unsaturated/α-hetero) is 1. The summed E-state index contributed by atoms with van der Waals surface area (Å²) in [6, 6.07) is 9.46. The fourth-order valence-electron chi connectivity index (χ4n) is 2.52. The van der Waals surface area contributed by atoms with Gasteiger partial charge in [-0.3, -0.25) is 9.59 Å². The number of benzene rings is 1. The largest absolute Gasteiger partial charge is 0.441 e. The Morgan fingerprint density at radius 1 is 1.15 bits per heavy atom. The molecule has 2 aromatic rings. The standard InChI is InChI=1S/C20H26N2O5/c1-4-25-19(26-5-2)13-21-18(24)12-16(23)11-17-14(3)27-20(22-17)15-9-7-6-8-10-15/h6-10,19H,4-5,11-13H2,1-3H3,(H,21,24). The highest BCUT2D eigenvalue weighted by molar-refractivity contribution is 5.98. The lowest BCUT2D eigenvalue weighted by Crippen LogP contribution is -2.36. The van der Waals surface area contributed by atoms with Gasteiger partial charge < -0.3 is 19.2 Å². The highest BCUT2D eigenvalue weighted by Crippen LogP contribution is 2.21. The molecule has 7 nitrogen and oxygen atoms in total. The minimum atomic E-state index is -0.509. The van der Waals surface area contributed by atoms with Crippen molar-refractivity contribution in [3.63, 3.8) is 0 Å². The van der Waals surface area contributed by atoms with Gasteiger partial charge in [-0.15, -0.1) is 0 Å². The van der Waals surface area contributed by atoms with Gasteiger partial charge in [-0.05, 0) is 32.9 Å². The van der Waals surface area contributed by atoms with Gasteiger partial charge in [0.2, 0.25) is 11.8 Å². The number of aryl methyl sites for hydroxylation is 1. The third kappa shape index (κ3) is 6.62. The van der Waals surface area contributed by atoms with Crippen LogP contribution in [0.4, 0.5) is 0 Å². The summed E-state index contributed by atoms with van der Waals surface area (Å²) in [5.74, 6) is 0.453. The molecule has 0 fully saturated rings. The number of oxazole rings is 1. The molecule has 0 aliphatic rings. The molecule has 0 aliphatic heterocycles. The van der Waals surface area contributed by atoms with Crippen molar-refractivity contribution < 1.29 is 23.5 Å². The van der Waals surface area contributed by atoms with E-state index in [0.717, 1.165) is 5.56 Å². The predicted octanol–water partition coefficient (Wildman–Crippen LogP) is 2.67. The summed E-state index contributed by atoms with van der Waals surface area (Å²) in [4.78, 5) is 28.6. The van der Waals surface area contributed by atoms with E-state index in [1.165, 1.54) is 0 Å². The van der Waals surface area contributed by atoms with Crippen LogP contribution in [0.1, 0.15) is 31.7 Å². The molecule has 1 heterocycles.